The summed E-state index contributed by atoms with van der Waals surface area (Å²) < 4.78 is 16.2. The molecule has 3 rings (SSSR count). The lowest BCUT2D eigenvalue weighted by Gasteiger charge is -2.31. The lowest BCUT2D eigenvalue weighted by atomic mass is 10.1. The molecule has 5 heteroatoms. The molecule has 1 amide bonds. The molecule has 1 atom stereocenters. The van der Waals surface area contributed by atoms with Crippen molar-refractivity contribution in [2.24, 2.45) is 0 Å². The van der Waals surface area contributed by atoms with Crippen LogP contribution in [0.2, 0.25) is 0 Å². The molecule has 21 heavy (non-hydrogen) atoms. The van der Waals surface area contributed by atoms with Gasteiger partial charge >= 0.3 is 0 Å². The average molecular weight is 289 g/mol. The second kappa shape index (κ2) is 5.77. The first kappa shape index (κ1) is 13.9. The summed E-state index contributed by atoms with van der Waals surface area (Å²) in [5, 5.41) is 0.963. The van der Waals surface area contributed by atoms with Gasteiger partial charge in [-0.1, -0.05) is 0 Å². The second-order valence-corrected chi connectivity index (χ2v) is 5.32. The summed E-state index contributed by atoms with van der Waals surface area (Å²) in [6, 6.07) is 5.64. The molecule has 0 N–H and O–H groups in total. The largest absolute Gasteiger partial charge is 0.497 e. The summed E-state index contributed by atoms with van der Waals surface area (Å²) in [5.41, 5.74) is 1.66. The zero-order valence-corrected chi connectivity index (χ0v) is 12.3. The van der Waals surface area contributed by atoms with E-state index in [9.17, 15) is 4.79 Å². The maximum Gasteiger partial charge on any atom is 0.227 e. The van der Waals surface area contributed by atoms with Gasteiger partial charge in [0.25, 0.3) is 0 Å². The van der Waals surface area contributed by atoms with Crippen LogP contribution in [0.1, 0.15) is 12.5 Å². The van der Waals surface area contributed by atoms with E-state index in [-0.39, 0.29) is 12.0 Å². The fourth-order valence-electron chi connectivity index (χ4n) is 2.65. The number of benzene rings is 1. The smallest absolute Gasteiger partial charge is 0.227 e. The summed E-state index contributed by atoms with van der Waals surface area (Å²) >= 11 is 0. The number of furan rings is 1. The van der Waals surface area contributed by atoms with Crippen LogP contribution in [0, 0.1) is 0 Å². The molecule has 0 spiro atoms. The molecular formula is C16H19NO4. The van der Waals surface area contributed by atoms with Gasteiger partial charge < -0.3 is 18.8 Å². The molecule has 0 unspecified atom stereocenters. The van der Waals surface area contributed by atoms with Gasteiger partial charge in [0, 0.05) is 30.1 Å². The summed E-state index contributed by atoms with van der Waals surface area (Å²) in [6.07, 6.45) is 2.12. The van der Waals surface area contributed by atoms with Crippen molar-refractivity contribution in [3.05, 3.63) is 30.0 Å². The second-order valence-electron chi connectivity index (χ2n) is 5.32. The van der Waals surface area contributed by atoms with Gasteiger partial charge in [-0.25, -0.2) is 0 Å². The van der Waals surface area contributed by atoms with Crippen LogP contribution in [0.3, 0.4) is 0 Å². The molecule has 1 fully saturated rings. The van der Waals surface area contributed by atoms with Gasteiger partial charge in [-0.2, -0.15) is 0 Å². The Balaban J connectivity index is 1.76. The number of carbonyl (C=O) groups is 1. The molecule has 112 valence electrons. The molecule has 5 nitrogen and oxygen atoms in total. The predicted octanol–water partition coefficient (Wildman–Crippen LogP) is 2.23. The van der Waals surface area contributed by atoms with E-state index in [4.69, 9.17) is 13.9 Å². The van der Waals surface area contributed by atoms with E-state index in [0.29, 0.717) is 26.1 Å². The van der Waals surface area contributed by atoms with Gasteiger partial charge in [0.15, 0.2) is 0 Å². The summed E-state index contributed by atoms with van der Waals surface area (Å²) in [6.45, 7) is 3.91. The minimum atomic E-state index is 0.105. The van der Waals surface area contributed by atoms with Crippen LogP contribution in [0.4, 0.5) is 0 Å². The Bertz CT molecular complexity index is 649. The maximum atomic E-state index is 12.4. The molecule has 0 radical (unpaired) electrons. The SMILES string of the molecule is COc1ccc2c(CC(=O)N3CCO[C@@H](C)C3)coc2c1. The Morgan fingerprint density at radius 3 is 3.10 bits per heavy atom. The molecule has 0 aliphatic carbocycles. The van der Waals surface area contributed by atoms with Crippen LogP contribution in [0.25, 0.3) is 11.0 Å². The van der Waals surface area contributed by atoms with Crippen molar-refractivity contribution in [3.63, 3.8) is 0 Å². The Kier molecular flexibility index (Phi) is 3.84. The third-order valence-corrected chi connectivity index (χ3v) is 3.80. The number of ether oxygens (including phenoxy) is 2. The quantitative estimate of drug-likeness (QED) is 0.869. The minimum Gasteiger partial charge on any atom is -0.497 e. The highest BCUT2D eigenvalue weighted by atomic mass is 16.5. The van der Waals surface area contributed by atoms with Crippen LogP contribution in [-0.2, 0) is 16.0 Å². The molecule has 1 aliphatic heterocycles. The Morgan fingerprint density at radius 1 is 1.48 bits per heavy atom. The zero-order valence-electron chi connectivity index (χ0n) is 12.3. The van der Waals surface area contributed by atoms with Crippen LogP contribution in [-0.4, -0.2) is 43.7 Å². The highest BCUT2D eigenvalue weighted by Gasteiger charge is 2.22. The predicted molar refractivity (Wildman–Crippen MR) is 78.5 cm³/mol. The van der Waals surface area contributed by atoms with Crippen LogP contribution in [0.15, 0.2) is 28.9 Å². The van der Waals surface area contributed by atoms with Crippen molar-refractivity contribution in [3.8, 4) is 5.75 Å². The number of hydrogen-bond donors (Lipinski definition) is 0. The molecule has 1 saturated heterocycles. The van der Waals surface area contributed by atoms with Crippen molar-refractivity contribution in [1.29, 1.82) is 0 Å². The number of morpholine rings is 1. The van der Waals surface area contributed by atoms with Crippen molar-refractivity contribution in [2.45, 2.75) is 19.4 Å². The van der Waals surface area contributed by atoms with Crippen molar-refractivity contribution >= 4 is 16.9 Å². The van der Waals surface area contributed by atoms with Gasteiger partial charge in [-0.3, -0.25) is 4.79 Å². The fraction of sp³-hybridized carbons (Fsp3) is 0.438. The van der Waals surface area contributed by atoms with Crippen LogP contribution < -0.4 is 4.74 Å². The van der Waals surface area contributed by atoms with E-state index < -0.39 is 0 Å². The standard InChI is InChI=1S/C16H19NO4/c1-11-9-17(5-6-20-11)16(18)7-12-10-21-15-8-13(19-2)3-4-14(12)15/h3-4,8,10-11H,5-7,9H2,1-2H3/t11-/m0/s1. The number of fused-ring (bicyclic) bond motifs is 1. The average Bonchev–Trinajstić information content (AvgIpc) is 2.89. The molecule has 2 heterocycles. The number of amides is 1. The third kappa shape index (κ3) is 2.88. The normalized spacial score (nSPS) is 19.0. The van der Waals surface area contributed by atoms with Gasteiger partial charge in [0.2, 0.25) is 5.91 Å². The summed E-state index contributed by atoms with van der Waals surface area (Å²) in [7, 11) is 1.62. The van der Waals surface area contributed by atoms with Gasteiger partial charge in [0.05, 0.1) is 32.5 Å². The Morgan fingerprint density at radius 2 is 2.33 bits per heavy atom. The zero-order chi connectivity index (χ0) is 14.8. The van der Waals surface area contributed by atoms with E-state index in [1.807, 2.05) is 30.0 Å². The van der Waals surface area contributed by atoms with Crippen molar-refractivity contribution < 1.29 is 18.7 Å². The maximum absolute atomic E-state index is 12.4. The molecule has 1 aliphatic rings. The lowest BCUT2D eigenvalue weighted by molar-refractivity contribution is -0.137. The van der Waals surface area contributed by atoms with E-state index >= 15 is 0 Å². The number of methoxy groups -OCH3 is 1. The molecule has 0 bridgehead atoms. The van der Waals surface area contributed by atoms with Crippen LogP contribution >= 0.6 is 0 Å². The van der Waals surface area contributed by atoms with Crippen molar-refractivity contribution in [1.82, 2.24) is 4.90 Å². The molecule has 1 aromatic heterocycles. The van der Waals surface area contributed by atoms with Gasteiger partial charge in [0.1, 0.15) is 11.3 Å². The third-order valence-electron chi connectivity index (χ3n) is 3.80. The fourth-order valence-corrected chi connectivity index (χ4v) is 2.65. The first-order valence-corrected chi connectivity index (χ1v) is 7.11. The van der Waals surface area contributed by atoms with Crippen molar-refractivity contribution in [2.75, 3.05) is 26.8 Å². The number of carbonyl (C=O) groups excluding carboxylic acids is 1. The highest BCUT2D eigenvalue weighted by Crippen LogP contribution is 2.26. The molecular weight excluding hydrogens is 270 g/mol. The molecule has 1 aromatic carbocycles. The Labute approximate surface area is 123 Å². The minimum absolute atomic E-state index is 0.105. The van der Waals surface area contributed by atoms with E-state index in [2.05, 4.69) is 0 Å². The summed E-state index contributed by atoms with van der Waals surface area (Å²) in [5.74, 6) is 0.861. The number of hydrogen-bond acceptors (Lipinski definition) is 4. The number of rotatable bonds is 3. The highest BCUT2D eigenvalue weighted by molar-refractivity contribution is 5.88. The molecule has 2 aromatic rings. The number of nitrogens with zero attached hydrogens (tertiary/aromatic N) is 1. The van der Waals surface area contributed by atoms with E-state index in [1.165, 1.54) is 0 Å². The van der Waals surface area contributed by atoms with Gasteiger partial charge in [-0.05, 0) is 19.1 Å². The molecule has 0 saturated carbocycles. The summed E-state index contributed by atoms with van der Waals surface area (Å²) in [4.78, 5) is 14.2. The van der Waals surface area contributed by atoms with E-state index in [1.54, 1.807) is 13.4 Å². The Hall–Kier alpha value is -2.01. The monoisotopic (exact) mass is 289 g/mol. The first-order chi connectivity index (χ1) is 10.2. The lowest BCUT2D eigenvalue weighted by Crippen LogP contribution is -2.45. The van der Waals surface area contributed by atoms with E-state index in [0.717, 1.165) is 22.3 Å². The first-order valence-electron chi connectivity index (χ1n) is 7.11. The van der Waals surface area contributed by atoms with Crippen LogP contribution in [0.5, 0.6) is 5.75 Å². The topological polar surface area (TPSA) is 51.9 Å². The van der Waals surface area contributed by atoms with Gasteiger partial charge in [-0.15, -0.1) is 0 Å².